The van der Waals surface area contributed by atoms with Gasteiger partial charge in [0.1, 0.15) is 11.5 Å². The number of nitrogens with zero attached hydrogens (tertiary/aromatic N) is 2. The molecule has 1 aromatic carbocycles. The van der Waals surface area contributed by atoms with E-state index in [4.69, 9.17) is 9.15 Å². The molecule has 0 saturated carbocycles. The van der Waals surface area contributed by atoms with Crippen molar-refractivity contribution in [3.8, 4) is 0 Å². The summed E-state index contributed by atoms with van der Waals surface area (Å²) in [5.74, 6) is 0.476. The summed E-state index contributed by atoms with van der Waals surface area (Å²) < 4.78 is 13.2. The molecule has 3 rings (SSSR count). The van der Waals surface area contributed by atoms with E-state index in [1.54, 1.807) is 45.0 Å². The van der Waals surface area contributed by atoms with Crippen molar-refractivity contribution in [2.45, 2.75) is 27.3 Å². The molecule has 7 heteroatoms. The molecule has 0 fully saturated rings. The van der Waals surface area contributed by atoms with E-state index in [0.29, 0.717) is 40.6 Å². The predicted octanol–water partition coefficient (Wildman–Crippen LogP) is 4.02. The molecule has 0 aliphatic heterocycles. The topological polar surface area (TPSA) is 73.8 Å². The Kier molecular flexibility index (Phi) is 5.41. The van der Waals surface area contributed by atoms with E-state index in [1.165, 1.54) is 11.3 Å². The number of furan rings is 1. The summed E-state index contributed by atoms with van der Waals surface area (Å²) in [7, 11) is 0. The number of esters is 1. The third kappa shape index (κ3) is 3.78. The zero-order valence-electron chi connectivity index (χ0n) is 15.4. The molecule has 2 heterocycles. The highest BCUT2D eigenvalue weighted by molar-refractivity contribution is 7.16. The van der Waals surface area contributed by atoms with E-state index < -0.39 is 0 Å². The normalized spacial score (nSPS) is 11.7. The van der Waals surface area contributed by atoms with Gasteiger partial charge in [0, 0.05) is 6.54 Å². The van der Waals surface area contributed by atoms with Crippen molar-refractivity contribution in [1.82, 2.24) is 4.57 Å². The Hall–Kier alpha value is -2.93. The van der Waals surface area contributed by atoms with Crippen molar-refractivity contribution in [3.63, 3.8) is 0 Å². The molecule has 140 valence electrons. The van der Waals surface area contributed by atoms with Gasteiger partial charge in [0.2, 0.25) is 0 Å². The Bertz CT molecular complexity index is 1100. The van der Waals surface area contributed by atoms with Crippen LogP contribution in [0, 0.1) is 13.8 Å². The Balaban J connectivity index is 2.12. The number of fused-ring (bicyclic) bond motifs is 1. The van der Waals surface area contributed by atoms with Gasteiger partial charge in [-0.25, -0.2) is 4.79 Å². The minimum absolute atomic E-state index is 0.316. The number of benzene rings is 1. The summed E-state index contributed by atoms with van der Waals surface area (Å²) in [5.41, 5.74) is 1.79. The van der Waals surface area contributed by atoms with E-state index in [9.17, 15) is 9.59 Å². The molecule has 0 radical (unpaired) electrons. The van der Waals surface area contributed by atoms with Crippen molar-refractivity contribution in [3.05, 3.63) is 64.4 Å². The molecule has 0 aliphatic carbocycles. The zero-order chi connectivity index (χ0) is 19.6. The van der Waals surface area contributed by atoms with Crippen LogP contribution < -0.4 is 4.80 Å². The van der Waals surface area contributed by atoms with E-state index in [2.05, 4.69) is 11.6 Å². The Morgan fingerprint density at radius 2 is 2.11 bits per heavy atom. The van der Waals surface area contributed by atoms with Crippen LogP contribution in [0.3, 0.4) is 0 Å². The first kappa shape index (κ1) is 18.8. The number of rotatable bonds is 5. The number of aryl methyl sites for hydroxylation is 2. The minimum atomic E-state index is -0.373. The second kappa shape index (κ2) is 7.75. The van der Waals surface area contributed by atoms with Crippen LogP contribution in [-0.4, -0.2) is 23.1 Å². The summed E-state index contributed by atoms with van der Waals surface area (Å²) in [6, 6.07) is 6.99. The largest absolute Gasteiger partial charge is 0.466 e. The SMILES string of the molecule is C=CCn1c(=NC(=O)c2cc(C)oc2C)sc2cc(C(=O)OCC)ccc21. The van der Waals surface area contributed by atoms with E-state index in [0.717, 1.165) is 10.2 Å². The average molecular weight is 384 g/mol. The fraction of sp³-hybridized carbons (Fsp3) is 0.250. The standard InChI is InChI=1S/C20H20N2O4S/c1-5-9-22-16-8-7-14(19(24)25-6-2)11-17(16)27-20(22)21-18(23)15-10-12(3)26-13(15)4/h5,7-8,10-11H,1,6,9H2,2-4H3. The molecular weight excluding hydrogens is 364 g/mol. The molecule has 0 bridgehead atoms. The predicted molar refractivity (Wildman–Crippen MR) is 104 cm³/mol. The van der Waals surface area contributed by atoms with Crippen molar-refractivity contribution in [2.75, 3.05) is 6.61 Å². The van der Waals surface area contributed by atoms with Crippen LogP contribution in [0.5, 0.6) is 0 Å². The number of carbonyl (C=O) groups is 2. The van der Waals surface area contributed by atoms with E-state index >= 15 is 0 Å². The van der Waals surface area contributed by atoms with Crippen LogP contribution in [0.2, 0.25) is 0 Å². The fourth-order valence-electron chi connectivity index (χ4n) is 2.80. The molecule has 0 N–H and O–H groups in total. The molecule has 0 unspecified atom stereocenters. The number of amides is 1. The van der Waals surface area contributed by atoms with Crippen molar-refractivity contribution < 1.29 is 18.7 Å². The molecule has 0 aliphatic rings. The van der Waals surface area contributed by atoms with E-state index in [-0.39, 0.29) is 11.9 Å². The summed E-state index contributed by atoms with van der Waals surface area (Å²) in [4.78, 5) is 29.4. The number of allylic oxidation sites excluding steroid dienone is 1. The van der Waals surface area contributed by atoms with Crippen LogP contribution in [0.15, 0.2) is 46.3 Å². The van der Waals surface area contributed by atoms with Gasteiger partial charge in [-0.1, -0.05) is 17.4 Å². The number of hydrogen-bond donors (Lipinski definition) is 0. The quantitative estimate of drug-likeness (QED) is 0.492. The van der Waals surface area contributed by atoms with Gasteiger partial charge in [-0.2, -0.15) is 4.99 Å². The van der Waals surface area contributed by atoms with Gasteiger partial charge < -0.3 is 13.7 Å². The summed E-state index contributed by atoms with van der Waals surface area (Å²) in [6.45, 7) is 9.88. The third-order valence-corrected chi connectivity index (χ3v) is 5.02. The lowest BCUT2D eigenvalue weighted by molar-refractivity contribution is 0.0526. The molecule has 1 amide bonds. The van der Waals surface area contributed by atoms with Gasteiger partial charge in [0.25, 0.3) is 5.91 Å². The second-order valence-corrected chi connectivity index (χ2v) is 6.94. The first-order valence-corrected chi connectivity index (χ1v) is 9.33. The van der Waals surface area contributed by atoms with Crippen molar-refractivity contribution in [2.24, 2.45) is 4.99 Å². The lowest BCUT2D eigenvalue weighted by Gasteiger charge is -2.03. The maximum atomic E-state index is 12.6. The summed E-state index contributed by atoms with van der Waals surface area (Å²) >= 11 is 1.34. The van der Waals surface area contributed by atoms with Crippen LogP contribution in [-0.2, 0) is 11.3 Å². The number of aromatic nitrogens is 1. The first-order valence-electron chi connectivity index (χ1n) is 8.52. The minimum Gasteiger partial charge on any atom is -0.466 e. The molecule has 0 saturated heterocycles. The highest BCUT2D eigenvalue weighted by Crippen LogP contribution is 2.21. The number of thiazole rings is 1. The highest BCUT2D eigenvalue weighted by atomic mass is 32.1. The van der Waals surface area contributed by atoms with Crippen LogP contribution >= 0.6 is 11.3 Å². The molecule has 0 atom stereocenters. The third-order valence-electron chi connectivity index (χ3n) is 3.97. The van der Waals surface area contributed by atoms with Crippen molar-refractivity contribution in [1.29, 1.82) is 0 Å². The Morgan fingerprint density at radius 1 is 1.33 bits per heavy atom. The van der Waals surface area contributed by atoms with Crippen LogP contribution in [0.4, 0.5) is 0 Å². The average Bonchev–Trinajstić information content (AvgIpc) is 3.14. The lowest BCUT2D eigenvalue weighted by atomic mass is 10.2. The fourth-order valence-corrected chi connectivity index (χ4v) is 3.87. The summed E-state index contributed by atoms with van der Waals surface area (Å²) in [6.07, 6.45) is 1.74. The van der Waals surface area contributed by atoms with Crippen LogP contribution in [0.1, 0.15) is 39.2 Å². The highest BCUT2D eigenvalue weighted by Gasteiger charge is 2.15. The van der Waals surface area contributed by atoms with Crippen LogP contribution in [0.25, 0.3) is 10.2 Å². The maximum Gasteiger partial charge on any atom is 0.338 e. The number of carbonyl (C=O) groups excluding carboxylic acids is 2. The summed E-state index contributed by atoms with van der Waals surface area (Å²) in [5, 5.41) is 0. The Morgan fingerprint density at radius 3 is 2.74 bits per heavy atom. The molecular formula is C20H20N2O4S. The van der Waals surface area contributed by atoms with Gasteiger partial charge in [-0.15, -0.1) is 6.58 Å². The lowest BCUT2D eigenvalue weighted by Crippen LogP contribution is -2.16. The smallest absolute Gasteiger partial charge is 0.338 e. The first-order chi connectivity index (χ1) is 12.9. The Labute approximate surface area is 160 Å². The zero-order valence-corrected chi connectivity index (χ0v) is 16.3. The monoisotopic (exact) mass is 384 g/mol. The number of hydrogen-bond acceptors (Lipinski definition) is 5. The molecule has 27 heavy (non-hydrogen) atoms. The molecule has 3 aromatic rings. The second-order valence-electron chi connectivity index (χ2n) is 5.93. The van der Waals surface area contributed by atoms with Gasteiger partial charge in [0.05, 0.1) is 28.0 Å². The van der Waals surface area contributed by atoms with Gasteiger partial charge in [-0.05, 0) is 45.0 Å². The maximum absolute atomic E-state index is 12.6. The molecule has 2 aromatic heterocycles. The molecule has 6 nitrogen and oxygen atoms in total. The van der Waals surface area contributed by atoms with Crippen molar-refractivity contribution >= 4 is 33.4 Å². The van der Waals surface area contributed by atoms with Gasteiger partial charge in [0.15, 0.2) is 4.80 Å². The van der Waals surface area contributed by atoms with Gasteiger partial charge >= 0.3 is 5.97 Å². The number of ether oxygens (including phenoxy) is 1. The van der Waals surface area contributed by atoms with E-state index in [1.807, 2.05) is 10.6 Å². The molecule has 0 spiro atoms. The van der Waals surface area contributed by atoms with Gasteiger partial charge in [-0.3, -0.25) is 4.79 Å².